The third-order valence-electron chi connectivity index (χ3n) is 6.01. The van der Waals surface area contributed by atoms with E-state index in [-0.39, 0.29) is 12.2 Å². The van der Waals surface area contributed by atoms with E-state index in [1.54, 1.807) is 0 Å². The maximum atomic E-state index is 5.97. The monoisotopic (exact) mass is 397 g/mol. The van der Waals surface area contributed by atoms with E-state index >= 15 is 0 Å². The summed E-state index contributed by atoms with van der Waals surface area (Å²) in [5.41, 5.74) is 1.95. The highest BCUT2D eigenvalue weighted by Gasteiger charge is 2.31. The number of hydrogen-bond donors (Lipinski definition) is 0. The number of hydrogen-bond acceptors (Lipinski definition) is 6. The molecular weight excluding hydrogens is 362 g/mol. The summed E-state index contributed by atoms with van der Waals surface area (Å²) >= 11 is 0. The van der Waals surface area contributed by atoms with Gasteiger partial charge in [0.15, 0.2) is 11.6 Å². The fraction of sp³-hybridized carbons (Fsp3) is 0.652. The summed E-state index contributed by atoms with van der Waals surface area (Å²) in [5.74, 6) is 2.76. The number of anilines is 2. The SMILES string of the molecule is CCCN(C)C[C@@H]1CCN(c2nc3ccccc3nc2N2C[C@@H](C)O[C@@H](C)C2)C1. The minimum Gasteiger partial charge on any atom is -0.372 e. The van der Waals surface area contributed by atoms with Gasteiger partial charge >= 0.3 is 0 Å². The van der Waals surface area contributed by atoms with Gasteiger partial charge in [0, 0.05) is 32.7 Å². The van der Waals surface area contributed by atoms with Crippen molar-refractivity contribution in [3.8, 4) is 0 Å². The number of benzene rings is 1. The molecule has 2 aliphatic rings. The van der Waals surface area contributed by atoms with Crippen LogP contribution in [0.2, 0.25) is 0 Å². The zero-order valence-corrected chi connectivity index (χ0v) is 18.3. The van der Waals surface area contributed by atoms with E-state index in [1.807, 2.05) is 12.1 Å². The van der Waals surface area contributed by atoms with Crippen LogP contribution in [0.25, 0.3) is 11.0 Å². The van der Waals surface area contributed by atoms with Crippen molar-refractivity contribution in [3.05, 3.63) is 24.3 Å². The normalized spacial score (nSPS) is 25.3. The van der Waals surface area contributed by atoms with Crippen molar-refractivity contribution >= 4 is 22.7 Å². The molecule has 2 fully saturated rings. The number of nitrogens with zero attached hydrogens (tertiary/aromatic N) is 5. The van der Waals surface area contributed by atoms with Crippen LogP contribution in [0.15, 0.2) is 24.3 Å². The molecule has 1 aromatic carbocycles. The van der Waals surface area contributed by atoms with Crippen molar-refractivity contribution in [2.45, 2.75) is 45.8 Å². The molecule has 0 aliphatic carbocycles. The fourth-order valence-corrected chi connectivity index (χ4v) is 4.84. The molecule has 0 saturated carbocycles. The lowest BCUT2D eigenvalue weighted by atomic mass is 10.1. The molecule has 0 spiro atoms. The molecule has 4 rings (SSSR count). The van der Waals surface area contributed by atoms with Gasteiger partial charge in [-0.05, 0) is 58.3 Å². The van der Waals surface area contributed by atoms with Gasteiger partial charge in [-0.1, -0.05) is 19.1 Å². The van der Waals surface area contributed by atoms with Crippen LogP contribution in [-0.4, -0.2) is 73.4 Å². The summed E-state index contributed by atoms with van der Waals surface area (Å²) in [6.07, 6.45) is 2.83. The largest absolute Gasteiger partial charge is 0.372 e. The Bertz CT molecular complexity index is 818. The van der Waals surface area contributed by atoms with Crippen molar-refractivity contribution < 1.29 is 4.74 Å². The molecule has 0 unspecified atom stereocenters. The lowest BCUT2D eigenvalue weighted by molar-refractivity contribution is -0.00542. The lowest BCUT2D eigenvalue weighted by Crippen LogP contribution is -2.46. The molecular formula is C23H35N5O. The van der Waals surface area contributed by atoms with E-state index < -0.39 is 0 Å². The van der Waals surface area contributed by atoms with E-state index in [1.165, 1.54) is 19.4 Å². The van der Waals surface area contributed by atoms with Gasteiger partial charge in [0.2, 0.25) is 0 Å². The number of fused-ring (bicyclic) bond motifs is 1. The molecule has 2 aromatic rings. The fourth-order valence-electron chi connectivity index (χ4n) is 4.84. The average molecular weight is 398 g/mol. The van der Waals surface area contributed by atoms with E-state index in [2.05, 4.69) is 54.7 Å². The first-order chi connectivity index (χ1) is 14.0. The first-order valence-corrected chi connectivity index (χ1v) is 11.1. The summed E-state index contributed by atoms with van der Waals surface area (Å²) < 4.78 is 5.97. The number of para-hydroxylation sites is 2. The molecule has 29 heavy (non-hydrogen) atoms. The smallest absolute Gasteiger partial charge is 0.172 e. The highest BCUT2D eigenvalue weighted by atomic mass is 16.5. The Labute approximate surface area is 174 Å². The van der Waals surface area contributed by atoms with Crippen LogP contribution in [-0.2, 0) is 4.74 Å². The Kier molecular flexibility index (Phi) is 6.20. The molecule has 0 N–H and O–H groups in total. The number of ether oxygens (including phenoxy) is 1. The first-order valence-electron chi connectivity index (χ1n) is 11.1. The summed E-state index contributed by atoms with van der Waals surface area (Å²) in [4.78, 5) is 17.5. The van der Waals surface area contributed by atoms with Crippen LogP contribution < -0.4 is 9.80 Å². The Hall–Kier alpha value is -1.92. The summed E-state index contributed by atoms with van der Waals surface area (Å²) in [6, 6.07) is 8.23. The summed E-state index contributed by atoms with van der Waals surface area (Å²) in [6.45, 7) is 12.7. The van der Waals surface area contributed by atoms with Crippen molar-refractivity contribution in [2.24, 2.45) is 5.92 Å². The Balaban J connectivity index is 1.62. The second-order valence-corrected chi connectivity index (χ2v) is 8.88. The van der Waals surface area contributed by atoms with E-state index in [0.717, 1.165) is 55.4 Å². The maximum Gasteiger partial charge on any atom is 0.172 e. The van der Waals surface area contributed by atoms with Crippen molar-refractivity contribution in [3.63, 3.8) is 0 Å². The van der Waals surface area contributed by atoms with Gasteiger partial charge in [-0.2, -0.15) is 0 Å². The number of aromatic nitrogens is 2. The molecule has 2 saturated heterocycles. The summed E-state index contributed by atoms with van der Waals surface area (Å²) in [5, 5.41) is 0. The molecule has 3 atom stereocenters. The topological polar surface area (TPSA) is 44.7 Å². The van der Waals surface area contributed by atoms with E-state index in [4.69, 9.17) is 14.7 Å². The van der Waals surface area contributed by atoms with E-state index in [0.29, 0.717) is 5.92 Å². The molecule has 0 amide bonds. The Morgan fingerprint density at radius 1 is 1.00 bits per heavy atom. The molecule has 2 aliphatic heterocycles. The van der Waals surface area contributed by atoms with E-state index in [9.17, 15) is 0 Å². The Morgan fingerprint density at radius 3 is 2.24 bits per heavy atom. The first kappa shape index (κ1) is 20.4. The molecule has 6 heteroatoms. The molecule has 3 heterocycles. The zero-order valence-electron chi connectivity index (χ0n) is 18.3. The predicted octanol–water partition coefficient (Wildman–Crippen LogP) is 3.41. The van der Waals surface area contributed by atoms with Gasteiger partial charge in [0.25, 0.3) is 0 Å². The minimum absolute atomic E-state index is 0.203. The van der Waals surface area contributed by atoms with Crippen LogP contribution in [0, 0.1) is 5.92 Å². The van der Waals surface area contributed by atoms with Crippen LogP contribution in [0.3, 0.4) is 0 Å². The van der Waals surface area contributed by atoms with Gasteiger partial charge in [-0.3, -0.25) is 0 Å². The van der Waals surface area contributed by atoms with Gasteiger partial charge < -0.3 is 19.4 Å². The molecule has 158 valence electrons. The van der Waals surface area contributed by atoms with Gasteiger partial charge in [0.05, 0.1) is 23.2 Å². The third-order valence-corrected chi connectivity index (χ3v) is 6.01. The minimum atomic E-state index is 0.203. The van der Waals surface area contributed by atoms with Crippen LogP contribution in [0.4, 0.5) is 11.6 Å². The lowest BCUT2D eigenvalue weighted by Gasteiger charge is -2.37. The van der Waals surface area contributed by atoms with Crippen molar-refractivity contribution in [1.29, 1.82) is 0 Å². The second kappa shape index (κ2) is 8.84. The highest BCUT2D eigenvalue weighted by molar-refractivity contribution is 5.81. The zero-order chi connectivity index (χ0) is 20.4. The molecule has 1 aromatic heterocycles. The van der Waals surface area contributed by atoms with Crippen LogP contribution in [0.5, 0.6) is 0 Å². The Morgan fingerprint density at radius 2 is 1.62 bits per heavy atom. The third kappa shape index (κ3) is 4.64. The van der Waals surface area contributed by atoms with Crippen molar-refractivity contribution in [1.82, 2.24) is 14.9 Å². The predicted molar refractivity (Wildman–Crippen MR) is 120 cm³/mol. The quantitative estimate of drug-likeness (QED) is 0.744. The average Bonchev–Trinajstić information content (AvgIpc) is 3.14. The van der Waals surface area contributed by atoms with Crippen LogP contribution >= 0.6 is 0 Å². The number of morpholine rings is 1. The standard InChI is InChI=1S/C23H35N5O/c1-5-11-26(4)15-19-10-12-27(16-19)22-23(28-13-17(2)29-18(3)14-28)25-21-9-7-6-8-20(21)24-22/h6-9,17-19H,5,10-16H2,1-4H3/t17-,18+,19-/m0/s1. The van der Waals surface area contributed by atoms with Gasteiger partial charge in [-0.25, -0.2) is 9.97 Å². The van der Waals surface area contributed by atoms with Crippen LogP contribution in [0.1, 0.15) is 33.6 Å². The van der Waals surface area contributed by atoms with Gasteiger partial charge in [0.1, 0.15) is 0 Å². The molecule has 0 bridgehead atoms. The highest BCUT2D eigenvalue weighted by Crippen LogP contribution is 2.33. The van der Waals surface area contributed by atoms with Gasteiger partial charge in [-0.15, -0.1) is 0 Å². The maximum absolute atomic E-state index is 5.97. The molecule has 0 radical (unpaired) electrons. The number of rotatable bonds is 6. The summed E-state index contributed by atoms with van der Waals surface area (Å²) in [7, 11) is 2.24. The second-order valence-electron chi connectivity index (χ2n) is 8.88. The molecule has 6 nitrogen and oxygen atoms in total. The van der Waals surface area contributed by atoms with Crippen molar-refractivity contribution in [2.75, 3.05) is 56.1 Å².